The van der Waals surface area contributed by atoms with Crippen molar-refractivity contribution in [3.8, 4) is 0 Å². The van der Waals surface area contributed by atoms with Gasteiger partial charge in [-0.3, -0.25) is 0 Å². The number of nitrogens with zero attached hydrogens (tertiary/aromatic N) is 1. The van der Waals surface area contributed by atoms with Gasteiger partial charge in [-0.2, -0.15) is 4.31 Å². The molecule has 1 fully saturated rings. The zero-order chi connectivity index (χ0) is 14.0. The van der Waals surface area contributed by atoms with Crippen LogP contribution >= 0.6 is 24.0 Å². The van der Waals surface area contributed by atoms with Crippen LogP contribution in [0.25, 0.3) is 0 Å². The summed E-state index contributed by atoms with van der Waals surface area (Å²) in [5, 5.41) is 0.529. The van der Waals surface area contributed by atoms with Gasteiger partial charge in [-0.05, 0) is 44.0 Å². The normalized spacial score (nSPS) is 22.1. The molecule has 1 aromatic carbocycles. The van der Waals surface area contributed by atoms with Gasteiger partial charge in [0.25, 0.3) is 0 Å². The molecule has 114 valence electrons. The SMILES string of the molecule is CC(N)C1CCCCN1S(=O)(=O)c1ccc(Cl)cc1.Cl. The van der Waals surface area contributed by atoms with Crippen LogP contribution in [-0.2, 0) is 10.0 Å². The van der Waals surface area contributed by atoms with Gasteiger partial charge in [-0.1, -0.05) is 18.0 Å². The zero-order valence-electron chi connectivity index (χ0n) is 11.3. The molecule has 1 aromatic rings. The lowest BCUT2D eigenvalue weighted by molar-refractivity contribution is 0.227. The molecule has 0 amide bonds. The highest BCUT2D eigenvalue weighted by atomic mass is 35.5. The molecule has 2 N–H and O–H groups in total. The third kappa shape index (κ3) is 3.65. The van der Waals surface area contributed by atoms with Crippen LogP contribution in [0, 0.1) is 0 Å². The Balaban J connectivity index is 0.00000200. The fourth-order valence-electron chi connectivity index (χ4n) is 2.50. The van der Waals surface area contributed by atoms with Gasteiger partial charge in [-0.25, -0.2) is 8.42 Å². The quantitative estimate of drug-likeness (QED) is 0.921. The third-order valence-corrected chi connectivity index (χ3v) is 5.72. The molecule has 0 bridgehead atoms. The Morgan fingerprint density at radius 2 is 1.90 bits per heavy atom. The summed E-state index contributed by atoms with van der Waals surface area (Å²) < 4.78 is 26.8. The molecular weight excluding hydrogens is 319 g/mol. The standard InChI is InChI=1S/C13H19ClN2O2S.ClH/c1-10(15)13-4-2-3-9-16(13)19(17,18)12-7-5-11(14)6-8-12;/h5-8,10,13H,2-4,9,15H2,1H3;1H. The van der Waals surface area contributed by atoms with E-state index in [2.05, 4.69) is 0 Å². The molecule has 2 atom stereocenters. The summed E-state index contributed by atoms with van der Waals surface area (Å²) in [6.07, 6.45) is 2.74. The molecule has 1 heterocycles. The molecule has 0 aromatic heterocycles. The minimum atomic E-state index is -3.48. The van der Waals surface area contributed by atoms with Crippen molar-refractivity contribution < 1.29 is 8.42 Å². The second-order valence-electron chi connectivity index (χ2n) is 4.99. The maximum absolute atomic E-state index is 12.6. The van der Waals surface area contributed by atoms with Gasteiger partial charge < -0.3 is 5.73 Å². The van der Waals surface area contributed by atoms with Crippen molar-refractivity contribution in [2.75, 3.05) is 6.54 Å². The maximum atomic E-state index is 12.6. The summed E-state index contributed by atoms with van der Waals surface area (Å²) in [5.74, 6) is 0. The van der Waals surface area contributed by atoms with Crippen LogP contribution in [0.3, 0.4) is 0 Å². The molecule has 1 aliphatic heterocycles. The monoisotopic (exact) mass is 338 g/mol. The highest BCUT2D eigenvalue weighted by molar-refractivity contribution is 7.89. The van der Waals surface area contributed by atoms with Gasteiger partial charge in [0.15, 0.2) is 0 Å². The predicted octanol–water partition coefficient (Wildman–Crippen LogP) is 2.65. The van der Waals surface area contributed by atoms with Gasteiger partial charge in [0.05, 0.1) is 4.90 Å². The molecule has 0 aliphatic carbocycles. The first-order valence-electron chi connectivity index (χ1n) is 6.46. The van der Waals surface area contributed by atoms with Crippen molar-refractivity contribution >= 4 is 34.0 Å². The molecule has 0 spiro atoms. The van der Waals surface area contributed by atoms with E-state index in [9.17, 15) is 8.42 Å². The molecule has 4 nitrogen and oxygen atoms in total. The van der Waals surface area contributed by atoms with Crippen molar-refractivity contribution in [1.29, 1.82) is 0 Å². The Morgan fingerprint density at radius 1 is 1.30 bits per heavy atom. The molecule has 0 saturated carbocycles. The smallest absolute Gasteiger partial charge is 0.243 e. The van der Waals surface area contributed by atoms with Crippen LogP contribution in [0.1, 0.15) is 26.2 Å². The Kier molecular flexibility index (Phi) is 6.28. The van der Waals surface area contributed by atoms with Crippen LogP contribution in [0.15, 0.2) is 29.2 Å². The van der Waals surface area contributed by atoms with E-state index < -0.39 is 10.0 Å². The highest BCUT2D eigenvalue weighted by Gasteiger charge is 2.35. The minimum absolute atomic E-state index is 0. The van der Waals surface area contributed by atoms with E-state index in [4.69, 9.17) is 17.3 Å². The fraction of sp³-hybridized carbons (Fsp3) is 0.538. The molecule has 1 aliphatic rings. The molecular formula is C13H20Cl2N2O2S. The lowest BCUT2D eigenvalue weighted by Gasteiger charge is -2.36. The van der Waals surface area contributed by atoms with Crippen molar-refractivity contribution in [3.63, 3.8) is 0 Å². The van der Waals surface area contributed by atoms with Gasteiger partial charge in [0.1, 0.15) is 0 Å². The summed E-state index contributed by atoms with van der Waals surface area (Å²) >= 11 is 5.80. The summed E-state index contributed by atoms with van der Waals surface area (Å²) in [7, 11) is -3.48. The summed E-state index contributed by atoms with van der Waals surface area (Å²) in [6.45, 7) is 2.40. The van der Waals surface area contributed by atoms with Crippen molar-refractivity contribution in [2.24, 2.45) is 5.73 Å². The predicted molar refractivity (Wildman–Crippen MR) is 83.9 cm³/mol. The Morgan fingerprint density at radius 3 is 2.45 bits per heavy atom. The molecule has 0 radical (unpaired) electrons. The number of benzene rings is 1. The molecule has 1 saturated heterocycles. The van der Waals surface area contributed by atoms with Crippen LogP contribution < -0.4 is 5.73 Å². The van der Waals surface area contributed by atoms with Gasteiger partial charge in [-0.15, -0.1) is 12.4 Å². The number of hydrogen-bond donors (Lipinski definition) is 1. The molecule has 20 heavy (non-hydrogen) atoms. The Labute approximate surface area is 131 Å². The fourth-order valence-corrected chi connectivity index (χ4v) is 4.40. The topological polar surface area (TPSA) is 63.4 Å². The van der Waals surface area contributed by atoms with Gasteiger partial charge >= 0.3 is 0 Å². The highest BCUT2D eigenvalue weighted by Crippen LogP contribution is 2.27. The van der Waals surface area contributed by atoms with Crippen LogP contribution in [0.5, 0.6) is 0 Å². The molecule has 7 heteroatoms. The number of halogens is 2. The summed E-state index contributed by atoms with van der Waals surface area (Å²) in [5.41, 5.74) is 5.93. The van der Waals surface area contributed by atoms with E-state index in [1.165, 1.54) is 0 Å². The lowest BCUT2D eigenvalue weighted by Crippen LogP contribution is -2.51. The average Bonchev–Trinajstić information content (AvgIpc) is 2.39. The third-order valence-electron chi connectivity index (χ3n) is 3.53. The number of rotatable bonds is 3. The number of sulfonamides is 1. The maximum Gasteiger partial charge on any atom is 0.243 e. The van der Waals surface area contributed by atoms with Crippen molar-refractivity contribution in [2.45, 2.75) is 43.2 Å². The largest absolute Gasteiger partial charge is 0.326 e. The first kappa shape index (κ1) is 17.7. The summed E-state index contributed by atoms with van der Waals surface area (Å²) in [6, 6.07) is 6.00. The second-order valence-corrected chi connectivity index (χ2v) is 7.32. The minimum Gasteiger partial charge on any atom is -0.326 e. The number of piperidine rings is 1. The first-order chi connectivity index (χ1) is 8.93. The van der Waals surface area contributed by atoms with E-state index in [0.29, 0.717) is 11.6 Å². The van der Waals surface area contributed by atoms with Crippen LogP contribution in [0.4, 0.5) is 0 Å². The van der Waals surface area contributed by atoms with Crippen molar-refractivity contribution in [1.82, 2.24) is 4.31 Å². The van der Waals surface area contributed by atoms with E-state index >= 15 is 0 Å². The average molecular weight is 339 g/mol. The molecule has 2 unspecified atom stereocenters. The van der Waals surface area contributed by atoms with Crippen LogP contribution in [0.2, 0.25) is 5.02 Å². The molecule has 2 rings (SSSR count). The van der Waals surface area contributed by atoms with E-state index in [1.54, 1.807) is 28.6 Å². The second kappa shape index (κ2) is 7.09. The van der Waals surface area contributed by atoms with E-state index in [0.717, 1.165) is 19.3 Å². The van der Waals surface area contributed by atoms with E-state index in [-0.39, 0.29) is 29.4 Å². The first-order valence-corrected chi connectivity index (χ1v) is 8.28. The summed E-state index contributed by atoms with van der Waals surface area (Å²) in [4.78, 5) is 0.282. The van der Waals surface area contributed by atoms with E-state index in [1.807, 2.05) is 6.92 Å². The lowest BCUT2D eigenvalue weighted by atomic mass is 10.00. The number of hydrogen-bond acceptors (Lipinski definition) is 3. The Bertz CT molecular complexity index is 532. The van der Waals surface area contributed by atoms with Gasteiger partial charge in [0, 0.05) is 23.7 Å². The number of nitrogens with two attached hydrogens (primary N) is 1. The Hall–Kier alpha value is -0.330. The zero-order valence-corrected chi connectivity index (χ0v) is 13.7. The van der Waals surface area contributed by atoms with Crippen LogP contribution in [-0.4, -0.2) is 31.4 Å². The van der Waals surface area contributed by atoms with Gasteiger partial charge in [0.2, 0.25) is 10.0 Å². The van der Waals surface area contributed by atoms with Crippen molar-refractivity contribution in [3.05, 3.63) is 29.3 Å².